The highest BCUT2D eigenvalue weighted by Crippen LogP contribution is 2.38. The van der Waals surface area contributed by atoms with Crippen molar-refractivity contribution in [1.82, 2.24) is 4.90 Å². The first-order valence-electron chi connectivity index (χ1n) is 7.90. The first kappa shape index (κ1) is 14.9. The summed E-state index contributed by atoms with van der Waals surface area (Å²) in [5.41, 5.74) is 5.10. The predicted octanol–water partition coefficient (Wildman–Crippen LogP) is 4.35. The lowest BCUT2D eigenvalue weighted by Crippen LogP contribution is -2.14. The SMILES string of the molecule is CN(C)CCCC1c2ccccc2C=Cc2ccc(O)cc21. The largest absolute Gasteiger partial charge is 0.508 e. The van der Waals surface area contributed by atoms with Crippen LogP contribution in [0, 0.1) is 0 Å². The quantitative estimate of drug-likeness (QED) is 0.906. The average Bonchev–Trinajstić information content (AvgIpc) is 2.65. The van der Waals surface area contributed by atoms with Gasteiger partial charge in [0.25, 0.3) is 0 Å². The zero-order chi connectivity index (χ0) is 15.5. The Kier molecular flexibility index (Phi) is 4.30. The molecule has 0 heterocycles. The van der Waals surface area contributed by atoms with Gasteiger partial charge >= 0.3 is 0 Å². The Morgan fingerprint density at radius 1 is 0.955 bits per heavy atom. The predicted molar refractivity (Wildman–Crippen MR) is 93.1 cm³/mol. The first-order valence-corrected chi connectivity index (χ1v) is 7.90. The van der Waals surface area contributed by atoms with Crippen LogP contribution in [0.4, 0.5) is 0 Å². The highest BCUT2D eigenvalue weighted by Gasteiger charge is 2.21. The van der Waals surface area contributed by atoms with Crippen molar-refractivity contribution in [3.05, 3.63) is 64.7 Å². The lowest BCUT2D eigenvalue weighted by molar-refractivity contribution is 0.389. The molecule has 1 unspecified atom stereocenters. The molecule has 114 valence electrons. The van der Waals surface area contributed by atoms with Gasteiger partial charge in [-0.05, 0) is 67.9 Å². The molecule has 2 heteroatoms. The molecule has 0 bridgehead atoms. The summed E-state index contributed by atoms with van der Waals surface area (Å²) in [6, 6.07) is 14.3. The Balaban J connectivity index is 2.01. The normalized spacial score (nSPS) is 16.2. The van der Waals surface area contributed by atoms with E-state index in [0.29, 0.717) is 11.7 Å². The van der Waals surface area contributed by atoms with Gasteiger partial charge in [-0.3, -0.25) is 0 Å². The van der Waals surface area contributed by atoms with Crippen LogP contribution in [0.3, 0.4) is 0 Å². The van der Waals surface area contributed by atoms with Gasteiger partial charge in [-0.15, -0.1) is 0 Å². The number of rotatable bonds is 4. The molecule has 0 aromatic heterocycles. The molecular formula is C20H23NO. The molecule has 2 aromatic rings. The third-order valence-corrected chi connectivity index (χ3v) is 4.36. The summed E-state index contributed by atoms with van der Waals surface area (Å²) in [4.78, 5) is 2.23. The van der Waals surface area contributed by atoms with E-state index < -0.39 is 0 Å². The lowest BCUT2D eigenvalue weighted by atomic mass is 9.84. The maximum absolute atomic E-state index is 9.93. The highest BCUT2D eigenvalue weighted by atomic mass is 16.3. The molecule has 0 fully saturated rings. The Bertz CT molecular complexity index is 688. The van der Waals surface area contributed by atoms with Crippen LogP contribution in [-0.4, -0.2) is 30.6 Å². The lowest BCUT2D eigenvalue weighted by Gasteiger charge is -2.21. The van der Waals surface area contributed by atoms with E-state index in [1.165, 1.54) is 22.3 Å². The van der Waals surface area contributed by atoms with E-state index in [-0.39, 0.29) is 0 Å². The van der Waals surface area contributed by atoms with E-state index in [0.717, 1.165) is 19.4 Å². The maximum Gasteiger partial charge on any atom is 0.115 e. The molecule has 0 radical (unpaired) electrons. The fourth-order valence-corrected chi connectivity index (χ4v) is 3.27. The third-order valence-electron chi connectivity index (χ3n) is 4.36. The number of hydrogen-bond acceptors (Lipinski definition) is 2. The van der Waals surface area contributed by atoms with E-state index in [1.807, 2.05) is 12.1 Å². The second-order valence-corrected chi connectivity index (χ2v) is 6.27. The van der Waals surface area contributed by atoms with Crippen molar-refractivity contribution < 1.29 is 5.11 Å². The summed E-state index contributed by atoms with van der Waals surface area (Å²) in [5, 5.41) is 9.93. The number of benzene rings is 2. The third kappa shape index (κ3) is 3.07. The number of nitrogens with zero attached hydrogens (tertiary/aromatic N) is 1. The van der Waals surface area contributed by atoms with Gasteiger partial charge in [0, 0.05) is 5.92 Å². The molecule has 0 aliphatic heterocycles. The van der Waals surface area contributed by atoms with Crippen LogP contribution in [0.25, 0.3) is 12.2 Å². The van der Waals surface area contributed by atoms with E-state index in [2.05, 4.69) is 55.4 Å². The van der Waals surface area contributed by atoms with Gasteiger partial charge in [0.2, 0.25) is 0 Å². The van der Waals surface area contributed by atoms with E-state index in [4.69, 9.17) is 0 Å². The zero-order valence-electron chi connectivity index (χ0n) is 13.3. The topological polar surface area (TPSA) is 23.5 Å². The second-order valence-electron chi connectivity index (χ2n) is 6.27. The Hall–Kier alpha value is -2.06. The van der Waals surface area contributed by atoms with Crippen molar-refractivity contribution >= 4 is 12.2 Å². The van der Waals surface area contributed by atoms with Crippen molar-refractivity contribution in [2.24, 2.45) is 0 Å². The van der Waals surface area contributed by atoms with Crippen LogP contribution in [0.15, 0.2) is 42.5 Å². The van der Waals surface area contributed by atoms with Crippen molar-refractivity contribution in [1.29, 1.82) is 0 Å². The minimum absolute atomic E-state index is 0.341. The van der Waals surface area contributed by atoms with Crippen LogP contribution in [0.1, 0.15) is 41.0 Å². The highest BCUT2D eigenvalue weighted by molar-refractivity contribution is 5.76. The molecule has 2 aromatic carbocycles. The molecule has 1 N–H and O–H groups in total. The number of phenols is 1. The van der Waals surface area contributed by atoms with Gasteiger partial charge in [0.05, 0.1) is 0 Å². The van der Waals surface area contributed by atoms with Crippen molar-refractivity contribution in [3.63, 3.8) is 0 Å². The molecule has 22 heavy (non-hydrogen) atoms. The van der Waals surface area contributed by atoms with E-state index in [9.17, 15) is 5.11 Å². The molecule has 2 nitrogen and oxygen atoms in total. The molecule has 0 spiro atoms. The molecule has 3 rings (SSSR count). The summed E-state index contributed by atoms with van der Waals surface area (Å²) in [7, 11) is 4.23. The Labute approximate surface area is 132 Å². The summed E-state index contributed by atoms with van der Waals surface area (Å²) >= 11 is 0. The van der Waals surface area contributed by atoms with Crippen molar-refractivity contribution in [3.8, 4) is 5.75 Å². The Morgan fingerprint density at radius 3 is 2.45 bits per heavy atom. The molecule has 1 atom stereocenters. The molecule has 0 amide bonds. The summed E-state index contributed by atoms with van der Waals surface area (Å²) < 4.78 is 0. The molecule has 0 saturated heterocycles. The van der Waals surface area contributed by atoms with Gasteiger partial charge in [-0.1, -0.05) is 42.5 Å². The summed E-state index contributed by atoms with van der Waals surface area (Å²) in [5.74, 6) is 0.692. The molecule has 1 aliphatic carbocycles. The van der Waals surface area contributed by atoms with Gasteiger partial charge in [-0.2, -0.15) is 0 Å². The maximum atomic E-state index is 9.93. The van der Waals surface area contributed by atoms with Crippen LogP contribution in [-0.2, 0) is 0 Å². The van der Waals surface area contributed by atoms with E-state index in [1.54, 1.807) is 6.07 Å². The molecule has 0 saturated carbocycles. The van der Waals surface area contributed by atoms with Crippen LogP contribution >= 0.6 is 0 Å². The molecular weight excluding hydrogens is 270 g/mol. The van der Waals surface area contributed by atoms with Crippen molar-refractivity contribution in [2.45, 2.75) is 18.8 Å². The number of fused-ring (bicyclic) bond motifs is 2. The first-order chi connectivity index (χ1) is 10.6. The van der Waals surface area contributed by atoms with Gasteiger partial charge in [0.1, 0.15) is 5.75 Å². The monoisotopic (exact) mass is 293 g/mol. The van der Waals surface area contributed by atoms with Crippen molar-refractivity contribution in [2.75, 3.05) is 20.6 Å². The number of phenolic OH excluding ortho intramolecular Hbond substituents is 1. The van der Waals surface area contributed by atoms with Crippen LogP contribution in [0.5, 0.6) is 5.75 Å². The smallest absolute Gasteiger partial charge is 0.115 e. The molecule has 1 aliphatic rings. The van der Waals surface area contributed by atoms with E-state index >= 15 is 0 Å². The Morgan fingerprint density at radius 2 is 1.68 bits per heavy atom. The van der Waals surface area contributed by atoms with Gasteiger partial charge in [0.15, 0.2) is 0 Å². The standard InChI is InChI=1S/C20H23NO/c1-21(2)13-5-8-19-18-7-4-3-6-15(18)9-10-16-11-12-17(22)14-20(16)19/h3-4,6-7,9-12,14,19,22H,5,8,13H2,1-2H3. The van der Waals surface area contributed by atoms with Gasteiger partial charge in [-0.25, -0.2) is 0 Å². The van der Waals surface area contributed by atoms with Crippen LogP contribution < -0.4 is 0 Å². The second kappa shape index (κ2) is 6.37. The summed E-state index contributed by atoms with van der Waals surface area (Å²) in [6.45, 7) is 1.08. The average molecular weight is 293 g/mol. The number of hydrogen-bond donors (Lipinski definition) is 1. The zero-order valence-corrected chi connectivity index (χ0v) is 13.3. The summed E-state index contributed by atoms with van der Waals surface area (Å²) in [6.07, 6.45) is 6.59. The minimum atomic E-state index is 0.341. The fourth-order valence-electron chi connectivity index (χ4n) is 3.27. The van der Waals surface area contributed by atoms with Gasteiger partial charge < -0.3 is 10.0 Å². The fraction of sp³-hybridized carbons (Fsp3) is 0.300. The van der Waals surface area contributed by atoms with Crippen LogP contribution in [0.2, 0.25) is 0 Å². The minimum Gasteiger partial charge on any atom is -0.508 e. The number of aromatic hydroxyl groups is 1.